The second kappa shape index (κ2) is 21.4. The van der Waals surface area contributed by atoms with Gasteiger partial charge in [0, 0.05) is 25.8 Å². The van der Waals surface area contributed by atoms with Crippen LogP contribution in [0.3, 0.4) is 0 Å². The van der Waals surface area contributed by atoms with E-state index in [4.69, 9.17) is 9.84 Å². The van der Waals surface area contributed by atoms with Crippen molar-refractivity contribution >= 4 is 5.91 Å². The molecule has 1 amide bonds. The van der Waals surface area contributed by atoms with Crippen molar-refractivity contribution < 1.29 is 14.6 Å². The zero-order valence-electron chi connectivity index (χ0n) is 17.7. The van der Waals surface area contributed by atoms with Crippen molar-refractivity contribution in [2.75, 3.05) is 13.2 Å². The summed E-state index contributed by atoms with van der Waals surface area (Å²) in [6, 6.07) is 0. The quantitative estimate of drug-likeness (QED) is 0.283. The number of aliphatic hydroxyl groups excluding tert-OH is 1. The van der Waals surface area contributed by atoms with Crippen LogP contribution in [-0.4, -0.2) is 30.5 Å². The minimum absolute atomic E-state index is 0.0182. The van der Waals surface area contributed by atoms with Crippen LogP contribution in [-0.2, 0) is 9.53 Å². The summed E-state index contributed by atoms with van der Waals surface area (Å²) in [5.41, 5.74) is 0. The van der Waals surface area contributed by atoms with E-state index >= 15 is 0 Å². The number of hydrogen-bond acceptors (Lipinski definition) is 3. The molecule has 0 spiro atoms. The molecule has 1 unspecified atom stereocenters. The monoisotopic (exact) mass is 387 g/mol. The van der Waals surface area contributed by atoms with Crippen LogP contribution in [0.4, 0.5) is 0 Å². The Morgan fingerprint density at radius 2 is 1.46 bits per heavy atom. The summed E-state index contributed by atoms with van der Waals surface area (Å²) < 4.78 is 4.93. The third-order valence-corrected chi connectivity index (χ3v) is 3.87. The number of unbranched alkanes of at least 4 members (excludes halogenated alkanes) is 7. The van der Waals surface area contributed by atoms with Gasteiger partial charge in [0.1, 0.15) is 0 Å². The number of rotatable bonds is 13. The molecule has 0 heterocycles. The van der Waals surface area contributed by atoms with E-state index in [1.54, 1.807) is 0 Å². The van der Waals surface area contributed by atoms with Crippen molar-refractivity contribution in [3.63, 3.8) is 0 Å². The molecule has 1 atom stereocenters. The maximum Gasteiger partial charge on any atom is 0.220 e. The number of ether oxygens (including phenoxy) is 1. The highest BCUT2D eigenvalue weighted by Gasteiger charge is 2.00. The Balaban J connectivity index is 3.51. The topological polar surface area (TPSA) is 58.6 Å². The van der Waals surface area contributed by atoms with Gasteiger partial charge in [0.15, 0.2) is 6.29 Å². The van der Waals surface area contributed by atoms with Crippen molar-refractivity contribution in [1.82, 2.24) is 5.32 Å². The third kappa shape index (κ3) is 22.1. The molecule has 0 aromatic heterocycles. The standard InChI is InChI=1S/C24H37NO3/c1-3-4-5-6-7-8-9-10-11-12-13-14-15-16-17-18-19-20-24(27)25-21-22-28-23(2)26/h23,26H,3-9,12,15,18-22H2,1-2H3,(H,25,27). The molecule has 0 aromatic carbocycles. The van der Waals surface area contributed by atoms with Crippen LogP contribution in [0.5, 0.6) is 0 Å². The minimum atomic E-state index is -0.799. The summed E-state index contributed by atoms with van der Waals surface area (Å²) in [6.45, 7) is 4.49. The third-order valence-electron chi connectivity index (χ3n) is 3.87. The SMILES string of the molecule is CCCCCCCCC#CCC#CCC#CCCCC(=O)NCCOC(C)O. The lowest BCUT2D eigenvalue weighted by atomic mass is 10.1. The second-order valence-electron chi connectivity index (χ2n) is 6.61. The van der Waals surface area contributed by atoms with Crippen LogP contribution in [0.15, 0.2) is 0 Å². The first-order valence-corrected chi connectivity index (χ1v) is 10.6. The molecule has 156 valence electrons. The minimum Gasteiger partial charge on any atom is -0.368 e. The molecule has 0 aliphatic heterocycles. The van der Waals surface area contributed by atoms with Crippen molar-refractivity contribution in [3.8, 4) is 35.5 Å². The second-order valence-corrected chi connectivity index (χ2v) is 6.61. The van der Waals surface area contributed by atoms with Gasteiger partial charge in [-0.3, -0.25) is 4.79 Å². The van der Waals surface area contributed by atoms with E-state index in [2.05, 4.69) is 47.8 Å². The molecule has 4 heteroatoms. The van der Waals surface area contributed by atoms with E-state index < -0.39 is 6.29 Å². The van der Waals surface area contributed by atoms with Gasteiger partial charge in [-0.15, -0.1) is 11.8 Å². The lowest BCUT2D eigenvalue weighted by Gasteiger charge is -2.07. The molecule has 2 N–H and O–H groups in total. The van der Waals surface area contributed by atoms with Crippen molar-refractivity contribution in [2.45, 2.75) is 97.2 Å². The van der Waals surface area contributed by atoms with E-state index in [-0.39, 0.29) is 5.91 Å². The molecule has 0 fully saturated rings. The van der Waals surface area contributed by atoms with Gasteiger partial charge in [-0.1, -0.05) is 62.7 Å². The first-order chi connectivity index (χ1) is 13.7. The highest BCUT2D eigenvalue weighted by Crippen LogP contribution is 2.06. The van der Waals surface area contributed by atoms with Crippen LogP contribution in [0.25, 0.3) is 0 Å². The van der Waals surface area contributed by atoms with Crippen LogP contribution in [0.2, 0.25) is 0 Å². The highest BCUT2D eigenvalue weighted by atomic mass is 16.6. The molecule has 0 rings (SSSR count). The van der Waals surface area contributed by atoms with Gasteiger partial charge in [0.25, 0.3) is 0 Å². The summed E-state index contributed by atoms with van der Waals surface area (Å²) in [6.07, 6.45) is 11.0. The number of aliphatic hydroxyl groups is 1. The fourth-order valence-corrected chi connectivity index (χ4v) is 2.35. The normalized spacial score (nSPS) is 10.5. The van der Waals surface area contributed by atoms with E-state index in [9.17, 15) is 4.79 Å². The van der Waals surface area contributed by atoms with E-state index in [0.29, 0.717) is 38.8 Å². The molecular weight excluding hydrogens is 350 g/mol. The smallest absolute Gasteiger partial charge is 0.220 e. The van der Waals surface area contributed by atoms with Crippen molar-refractivity contribution in [1.29, 1.82) is 0 Å². The Labute approximate surface area is 172 Å². The van der Waals surface area contributed by atoms with Crippen LogP contribution in [0, 0.1) is 35.5 Å². The number of carbonyl (C=O) groups is 1. The van der Waals surface area contributed by atoms with Crippen molar-refractivity contribution in [2.24, 2.45) is 0 Å². The Hall–Kier alpha value is -1.93. The first-order valence-electron chi connectivity index (χ1n) is 10.6. The summed E-state index contributed by atoms with van der Waals surface area (Å²) >= 11 is 0. The number of hydrogen-bond donors (Lipinski definition) is 2. The fourth-order valence-electron chi connectivity index (χ4n) is 2.35. The zero-order chi connectivity index (χ0) is 20.7. The van der Waals surface area contributed by atoms with Gasteiger partial charge in [-0.25, -0.2) is 0 Å². The average molecular weight is 388 g/mol. The molecule has 0 saturated carbocycles. The summed E-state index contributed by atoms with van der Waals surface area (Å²) in [7, 11) is 0. The zero-order valence-corrected chi connectivity index (χ0v) is 17.7. The fraction of sp³-hybridized carbons (Fsp3) is 0.708. The maximum atomic E-state index is 11.5. The predicted molar refractivity (Wildman–Crippen MR) is 115 cm³/mol. The predicted octanol–water partition coefficient (Wildman–Crippen LogP) is 4.17. The Kier molecular flexibility index (Phi) is 19.9. The summed E-state index contributed by atoms with van der Waals surface area (Å²) in [5, 5.41) is 11.7. The first kappa shape index (κ1) is 26.1. The van der Waals surface area contributed by atoms with Crippen LogP contribution in [0.1, 0.15) is 90.9 Å². The summed E-state index contributed by atoms with van der Waals surface area (Å²) in [5.74, 6) is 18.4. The van der Waals surface area contributed by atoms with Gasteiger partial charge in [0.2, 0.25) is 5.91 Å². The molecular formula is C24H37NO3. The van der Waals surface area contributed by atoms with Gasteiger partial charge in [-0.05, 0) is 19.8 Å². The lowest BCUT2D eigenvalue weighted by molar-refractivity contribution is -0.122. The van der Waals surface area contributed by atoms with Gasteiger partial charge in [0.05, 0.1) is 19.4 Å². The summed E-state index contributed by atoms with van der Waals surface area (Å²) in [4.78, 5) is 11.5. The molecule has 0 aliphatic rings. The number of amides is 1. The van der Waals surface area contributed by atoms with Gasteiger partial charge >= 0.3 is 0 Å². The maximum absolute atomic E-state index is 11.5. The molecule has 0 aliphatic carbocycles. The van der Waals surface area contributed by atoms with Gasteiger partial charge in [-0.2, -0.15) is 0 Å². The molecule has 0 aromatic rings. The van der Waals surface area contributed by atoms with Gasteiger partial charge < -0.3 is 15.2 Å². The Bertz CT molecular complexity index is 564. The number of nitrogens with one attached hydrogen (secondary N) is 1. The average Bonchev–Trinajstić information content (AvgIpc) is 2.67. The van der Waals surface area contributed by atoms with Crippen molar-refractivity contribution in [3.05, 3.63) is 0 Å². The van der Waals surface area contributed by atoms with Crippen LogP contribution < -0.4 is 5.32 Å². The van der Waals surface area contributed by atoms with E-state index in [1.807, 2.05) is 0 Å². The lowest BCUT2D eigenvalue weighted by Crippen LogP contribution is -2.28. The molecule has 0 bridgehead atoms. The molecule has 4 nitrogen and oxygen atoms in total. The van der Waals surface area contributed by atoms with E-state index in [1.165, 1.54) is 45.4 Å². The highest BCUT2D eigenvalue weighted by molar-refractivity contribution is 5.75. The molecule has 28 heavy (non-hydrogen) atoms. The largest absolute Gasteiger partial charge is 0.368 e. The Morgan fingerprint density at radius 1 is 0.893 bits per heavy atom. The molecule has 0 radical (unpaired) electrons. The Morgan fingerprint density at radius 3 is 2.11 bits per heavy atom. The number of carbonyl (C=O) groups excluding carboxylic acids is 1. The van der Waals surface area contributed by atoms with E-state index in [0.717, 1.165) is 12.8 Å². The van der Waals surface area contributed by atoms with Crippen LogP contribution >= 0.6 is 0 Å². The molecule has 0 saturated heterocycles.